The van der Waals surface area contributed by atoms with E-state index in [1.165, 1.54) is 16.1 Å². The fourth-order valence-corrected chi connectivity index (χ4v) is 6.32. The number of sulfonamides is 1. The number of carbonyl (C=O) groups excluding carboxylic acids is 1. The van der Waals surface area contributed by atoms with Crippen LogP contribution in [0.3, 0.4) is 0 Å². The molecule has 0 unspecified atom stereocenters. The number of hydrogen-bond donors (Lipinski definition) is 0. The monoisotopic (exact) mass is 467 g/mol. The first-order chi connectivity index (χ1) is 15.9. The van der Waals surface area contributed by atoms with Crippen LogP contribution in [0.4, 0.5) is 5.69 Å². The van der Waals surface area contributed by atoms with Crippen LogP contribution in [0.1, 0.15) is 35.6 Å². The van der Waals surface area contributed by atoms with Crippen molar-refractivity contribution in [3.8, 4) is 0 Å². The van der Waals surface area contributed by atoms with Crippen LogP contribution in [0.15, 0.2) is 56.5 Å². The van der Waals surface area contributed by atoms with E-state index in [-0.39, 0.29) is 35.6 Å². The number of furan rings is 1. The van der Waals surface area contributed by atoms with Crippen LogP contribution in [0.2, 0.25) is 0 Å². The maximum atomic E-state index is 13.4. The van der Waals surface area contributed by atoms with Crippen molar-refractivity contribution >= 4 is 33.8 Å². The zero-order valence-electron chi connectivity index (χ0n) is 18.3. The lowest BCUT2D eigenvalue weighted by atomic mass is 9.96. The molecule has 3 aromatic rings. The van der Waals surface area contributed by atoms with Gasteiger partial charge in [-0.3, -0.25) is 4.79 Å². The lowest BCUT2D eigenvalue weighted by molar-refractivity contribution is -0.123. The van der Waals surface area contributed by atoms with Crippen LogP contribution in [-0.2, 0) is 21.2 Å². The number of benzene rings is 1. The molecular formula is C24H25N3O5S. The first-order valence-corrected chi connectivity index (χ1v) is 12.5. The molecule has 0 atom stereocenters. The third-order valence-electron chi connectivity index (χ3n) is 6.33. The van der Waals surface area contributed by atoms with Gasteiger partial charge in [0.1, 0.15) is 11.5 Å². The molecule has 0 aliphatic carbocycles. The lowest BCUT2D eigenvalue weighted by Crippen LogP contribution is -2.44. The summed E-state index contributed by atoms with van der Waals surface area (Å²) >= 11 is 0. The summed E-state index contributed by atoms with van der Waals surface area (Å²) in [6, 6.07) is 11.5. The minimum absolute atomic E-state index is 0.0588. The summed E-state index contributed by atoms with van der Waals surface area (Å²) in [5, 5.41) is 3.87. The second kappa shape index (κ2) is 8.64. The molecule has 8 nitrogen and oxygen atoms in total. The summed E-state index contributed by atoms with van der Waals surface area (Å²) in [7, 11) is -3.82. The molecule has 5 rings (SSSR count). The Morgan fingerprint density at radius 3 is 2.64 bits per heavy atom. The molecule has 2 aliphatic heterocycles. The van der Waals surface area contributed by atoms with Crippen molar-refractivity contribution in [3.05, 3.63) is 65.4 Å². The molecule has 0 radical (unpaired) electrons. The second-order valence-electron chi connectivity index (χ2n) is 8.36. The van der Waals surface area contributed by atoms with Crippen molar-refractivity contribution < 1.29 is 22.2 Å². The summed E-state index contributed by atoms with van der Waals surface area (Å²) in [5.41, 5.74) is 2.47. The molecule has 2 aromatic heterocycles. The van der Waals surface area contributed by atoms with Gasteiger partial charge in [0.05, 0.1) is 6.26 Å². The average Bonchev–Trinajstić information content (AvgIpc) is 3.57. The Morgan fingerprint density at radius 2 is 1.88 bits per heavy atom. The van der Waals surface area contributed by atoms with Crippen molar-refractivity contribution in [2.45, 2.75) is 31.1 Å². The molecule has 172 valence electrons. The number of nitrogens with zero attached hydrogens (tertiary/aromatic N) is 3. The van der Waals surface area contributed by atoms with E-state index >= 15 is 0 Å². The molecule has 9 heteroatoms. The minimum atomic E-state index is -3.82. The molecule has 1 fully saturated rings. The standard InChI is InChI=1S/C24H25N3O5S/c1-17-23(22(32-25-17)9-8-20-6-4-16-31-20)33(29,30)26-13-10-19(11-14-26)24(28)27-15-12-18-5-2-3-7-21(18)27/h2-9,16,19H,10-15H2,1H3/b9-8+. The molecule has 2 aliphatic rings. The first kappa shape index (κ1) is 21.7. The molecule has 0 N–H and O–H groups in total. The van der Waals surface area contributed by atoms with E-state index in [0.717, 1.165) is 12.1 Å². The van der Waals surface area contributed by atoms with Crippen LogP contribution >= 0.6 is 0 Å². The van der Waals surface area contributed by atoms with E-state index in [4.69, 9.17) is 8.94 Å². The van der Waals surface area contributed by atoms with Gasteiger partial charge in [-0.1, -0.05) is 23.4 Å². The number of rotatable bonds is 5. The number of anilines is 1. The molecule has 1 aromatic carbocycles. The number of aromatic nitrogens is 1. The fraction of sp³-hybridized carbons (Fsp3) is 0.333. The summed E-state index contributed by atoms with van der Waals surface area (Å²) in [4.78, 5) is 15.1. The van der Waals surface area contributed by atoms with Crippen LogP contribution in [-0.4, -0.2) is 43.4 Å². The summed E-state index contributed by atoms with van der Waals surface area (Å²) in [6.45, 7) is 2.85. The molecule has 0 spiro atoms. The molecule has 1 saturated heterocycles. The van der Waals surface area contributed by atoms with Crippen molar-refractivity contribution in [2.24, 2.45) is 5.92 Å². The van der Waals surface area contributed by atoms with Gasteiger partial charge in [0.15, 0.2) is 10.7 Å². The van der Waals surface area contributed by atoms with Gasteiger partial charge < -0.3 is 13.8 Å². The highest BCUT2D eigenvalue weighted by Crippen LogP contribution is 2.33. The highest BCUT2D eigenvalue weighted by Gasteiger charge is 2.38. The van der Waals surface area contributed by atoms with Crippen molar-refractivity contribution in [2.75, 3.05) is 24.5 Å². The van der Waals surface area contributed by atoms with Crippen LogP contribution in [0.5, 0.6) is 0 Å². The van der Waals surface area contributed by atoms with Gasteiger partial charge in [0.2, 0.25) is 15.9 Å². The zero-order chi connectivity index (χ0) is 23.0. The second-order valence-corrected chi connectivity index (χ2v) is 10.2. The van der Waals surface area contributed by atoms with Crippen LogP contribution < -0.4 is 4.90 Å². The Morgan fingerprint density at radius 1 is 1.09 bits per heavy atom. The van der Waals surface area contributed by atoms with E-state index in [2.05, 4.69) is 11.2 Å². The SMILES string of the molecule is Cc1noc(/C=C/c2ccco2)c1S(=O)(=O)N1CCC(C(=O)N2CCc3ccccc32)CC1. The third-order valence-corrected chi connectivity index (χ3v) is 8.39. The predicted molar refractivity (Wildman–Crippen MR) is 123 cm³/mol. The molecule has 4 heterocycles. The van der Waals surface area contributed by atoms with E-state index in [1.54, 1.807) is 31.2 Å². The topological polar surface area (TPSA) is 96.9 Å². The van der Waals surface area contributed by atoms with Crippen molar-refractivity contribution in [1.29, 1.82) is 0 Å². The largest absolute Gasteiger partial charge is 0.465 e. The van der Waals surface area contributed by atoms with Gasteiger partial charge in [-0.15, -0.1) is 0 Å². The summed E-state index contributed by atoms with van der Waals surface area (Å²) in [5.74, 6) is 0.635. The number of para-hydroxylation sites is 1. The first-order valence-electron chi connectivity index (χ1n) is 11.0. The Bertz CT molecular complexity index is 1290. The van der Waals surface area contributed by atoms with Gasteiger partial charge in [-0.25, -0.2) is 8.42 Å². The fourth-order valence-electron chi connectivity index (χ4n) is 4.60. The molecule has 33 heavy (non-hydrogen) atoms. The Balaban J connectivity index is 1.30. The number of carbonyl (C=O) groups is 1. The van der Waals surface area contributed by atoms with Gasteiger partial charge in [-0.05, 0) is 62.1 Å². The highest BCUT2D eigenvalue weighted by atomic mass is 32.2. The van der Waals surface area contributed by atoms with Gasteiger partial charge in [0.25, 0.3) is 0 Å². The van der Waals surface area contributed by atoms with E-state index < -0.39 is 10.0 Å². The molecule has 1 amide bonds. The summed E-state index contributed by atoms with van der Waals surface area (Å²) < 4.78 is 38.8. The highest BCUT2D eigenvalue weighted by molar-refractivity contribution is 7.89. The molecular weight excluding hydrogens is 442 g/mol. The smallest absolute Gasteiger partial charge is 0.248 e. The Kier molecular flexibility index (Phi) is 5.67. The number of amides is 1. The minimum Gasteiger partial charge on any atom is -0.465 e. The normalized spacial score (nSPS) is 17.7. The summed E-state index contributed by atoms with van der Waals surface area (Å²) in [6.07, 6.45) is 6.55. The number of aryl methyl sites for hydroxylation is 1. The number of fused-ring (bicyclic) bond motifs is 1. The van der Waals surface area contributed by atoms with E-state index in [1.807, 2.05) is 23.1 Å². The van der Waals surface area contributed by atoms with Gasteiger partial charge in [0, 0.05) is 31.2 Å². The zero-order valence-corrected chi connectivity index (χ0v) is 19.1. The Labute approximate surface area is 192 Å². The quantitative estimate of drug-likeness (QED) is 0.567. The number of piperidine rings is 1. The van der Waals surface area contributed by atoms with Crippen LogP contribution in [0.25, 0.3) is 12.2 Å². The maximum absolute atomic E-state index is 13.4. The van der Waals surface area contributed by atoms with E-state index in [0.29, 0.717) is 30.8 Å². The lowest BCUT2D eigenvalue weighted by Gasteiger charge is -2.32. The molecule has 0 saturated carbocycles. The van der Waals surface area contributed by atoms with Gasteiger partial charge >= 0.3 is 0 Å². The van der Waals surface area contributed by atoms with Gasteiger partial charge in [-0.2, -0.15) is 4.31 Å². The van der Waals surface area contributed by atoms with E-state index in [9.17, 15) is 13.2 Å². The predicted octanol–water partition coefficient (Wildman–Crippen LogP) is 3.74. The maximum Gasteiger partial charge on any atom is 0.248 e. The van der Waals surface area contributed by atoms with Crippen molar-refractivity contribution in [3.63, 3.8) is 0 Å². The van der Waals surface area contributed by atoms with Crippen LogP contribution in [0, 0.1) is 12.8 Å². The average molecular weight is 468 g/mol. The third kappa shape index (κ3) is 4.02. The Hall–Kier alpha value is -3.17. The number of hydrogen-bond acceptors (Lipinski definition) is 6. The molecule has 0 bridgehead atoms. The van der Waals surface area contributed by atoms with Crippen molar-refractivity contribution in [1.82, 2.24) is 9.46 Å².